The monoisotopic (exact) mass is 622 g/mol. The maximum absolute atomic E-state index is 14.0. The minimum absolute atomic E-state index is 0.0160. The van der Waals surface area contributed by atoms with E-state index in [0.717, 1.165) is 24.3 Å². The lowest BCUT2D eigenvalue weighted by atomic mass is 9.87. The molecular weight excluding hydrogens is 607 g/mol. The molecule has 0 aromatic heterocycles. The molecule has 0 heterocycles. The molecule has 0 aliphatic carbocycles. The normalized spacial score (nSPS) is 14.8. The molecule has 1 rings (SSSR count). The minimum Gasteiger partial charge on any atom is -0.457 e. The number of carbonyl (C=O) groups excluding carboxylic acids is 1. The van der Waals surface area contributed by atoms with Crippen molar-refractivity contribution >= 4 is 5.97 Å². The molecule has 19 heteroatoms. The van der Waals surface area contributed by atoms with E-state index < -0.39 is 78.6 Å². The molecule has 0 fully saturated rings. The van der Waals surface area contributed by atoms with Crippen molar-refractivity contribution in [2.45, 2.75) is 74.0 Å². The summed E-state index contributed by atoms with van der Waals surface area (Å²) in [7, 11) is 0. The summed E-state index contributed by atoms with van der Waals surface area (Å²) in [4.78, 5) is 11.3. The van der Waals surface area contributed by atoms with Gasteiger partial charge in [0, 0.05) is 12.0 Å². The highest BCUT2D eigenvalue weighted by atomic mass is 19.4. The first-order valence-corrected chi connectivity index (χ1v) is 10.1. The zero-order valence-electron chi connectivity index (χ0n) is 19.4. The molecular formula is C21H15F17O2. The third kappa shape index (κ3) is 5.69. The zero-order chi connectivity index (χ0) is 32.0. The number of alkyl halides is 17. The van der Waals surface area contributed by atoms with Crippen LogP contribution in [-0.2, 0) is 22.6 Å². The van der Waals surface area contributed by atoms with Crippen molar-refractivity contribution in [3.05, 3.63) is 47.5 Å². The fraction of sp³-hybridized carbons (Fsp3) is 0.571. The summed E-state index contributed by atoms with van der Waals surface area (Å²) < 4.78 is 231. The summed E-state index contributed by atoms with van der Waals surface area (Å²) in [6.45, 7) is 4.12. The van der Waals surface area contributed by atoms with E-state index in [-0.39, 0.29) is 11.1 Å². The predicted octanol–water partition coefficient (Wildman–Crippen LogP) is 8.25. The largest absolute Gasteiger partial charge is 0.460 e. The van der Waals surface area contributed by atoms with E-state index >= 15 is 0 Å². The van der Waals surface area contributed by atoms with E-state index in [4.69, 9.17) is 4.74 Å². The molecule has 0 radical (unpaired) electrons. The van der Waals surface area contributed by atoms with Crippen LogP contribution in [-0.4, -0.2) is 53.6 Å². The van der Waals surface area contributed by atoms with Gasteiger partial charge < -0.3 is 4.74 Å². The SMILES string of the molecule is C=C(C)C(=O)OCc1ccc(CCC(F)(F)C(F)(F)C(F)(F)C(F)(F)C(F)(F)C(F)(F)C(F)(F)C(F)(F)F)cc1. The van der Waals surface area contributed by atoms with Crippen LogP contribution in [0.1, 0.15) is 24.5 Å². The van der Waals surface area contributed by atoms with E-state index in [1.54, 1.807) is 0 Å². The highest BCUT2D eigenvalue weighted by Crippen LogP contribution is 2.64. The van der Waals surface area contributed by atoms with E-state index in [2.05, 4.69) is 6.58 Å². The number of ether oxygens (including phenoxy) is 1. The molecule has 0 aliphatic rings. The van der Waals surface area contributed by atoms with Crippen molar-refractivity contribution in [2.75, 3.05) is 0 Å². The lowest BCUT2D eigenvalue weighted by Crippen LogP contribution is -2.74. The number of rotatable bonds is 12. The quantitative estimate of drug-likeness (QED) is 0.133. The summed E-state index contributed by atoms with van der Waals surface area (Å²) in [5.41, 5.74) is -0.277. The maximum atomic E-state index is 14.0. The molecule has 0 amide bonds. The van der Waals surface area contributed by atoms with E-state index in [0.29, 0.717) is 0 Å². The van der Waals surface area contributed by atoms with Crippen LogP contribution in [0, 0.1) is 0 Å². The fourth-order valence-electron chi connectivity index (χ4n) is 2.73. The Morgan fingerprint density at radius 2 is 0.975 bits per heavy atom. The Morgan fingerprint density at radius 1 is 0.625 bits per heavy atom. The Labute approximate surface area is 212 Å². The highest BCUT2D eigenvalue weighted by molar-refractivity contribution is 5.86. The van der Waals surface area contributed by atoms with Crippen molar-refractivity contribution in [2.24, 2.45) is 0 Å². The van der Waals surface area contributed by atoms with Crippen molar-refractivity contribution in [3.63, 3.8) is 0 Å². The van der Waals surface area contributed by atoms with Crippen LogP contribution in [0.3, 0.4) is 0 Å². The van der Waals surface area contributed by atoms with Crippen LogP contribution in [0.5, 0.6) is 0 Å². The topological polar surface area (TPSA) is 26.3 Å². The Balaban J connectivity index is 3.26. The maximum Gasteiger partial charge on any atom is 0.460 e. The van der Waals surface area contributed by atoms with Gasteiger partial charge in [-0.05, 0) is 24.5 Å². The molecule has 0 bridgehead atoms. The summed E-state index contributed by atoms with van der Waals surface area (Å²) in [6, 6.07) is 3.78. The van der Waals surface area contributed by atoms with Gasteiger partial charge in [0.05, 0.1) is 0 Å². The molecule has 0 unspecified atom stereocenters. The molecule has 0 atom stereocenters. The number of aryl methyl sites for hydroxylation is 1. The van der Waals surface area contributed by atoms with Gasteiger partial charge in [0.25, 0.3) is 0 Å². The summed E-state index contributed by atoms with van der Waals surface area (Å²) in [5.74, 6) is -57.3. The Bertz CT molecular complexity index is 1070. The van der Waals surface area contributed by atoms with Crippen LogP contribution in [0.2, 0.25) is 0 Å². The van der Waals surface area contributed by atoms with Crippen LogP contribution in [0.25, 0.3) is 0 Å². The second-order valence-corrected chi connectivity index (χ2v) is 8.32. The van der Waals surface area contributed by atoms with Gasteiger partial charge in [-0.25, -0.2) is 4.79 Å². The molecule has 230 valence electrons. The molecule has 0 saturated carbocycles. The molecule has 0 aliphatic heterocycles. The van der Waals surface area contributed by atoms with Crippen molar-refractivity contribution in [3.8, 4) is 0 Å². The van der Waals surface area contributed by atoms with E-state index in [1.165, 1.54) is 6.92 Å². The van der Waals surface area contributed by atoms with E-state index in [9.17, 15) is 79.4 Å². The first kappa shape index (κ1) is 35.3. The molecule has 0 N–H and O–H groups in total. The van der Waals surface area contributed by atoms with Gasteiger partial charge in [-0.1, -0.05) is 30.8 Å². The smallest absolute Gasteiger partial charge is 0.457 e. The number of benzene rings is 1. The number of hydrogen-bond acceptors (Lipinski definition) is 2. The van der Waals surface area contributed by atoms with Gasteiger partial charge in [0.1, 0.15) is 6.61 Å². The fourth-order valence-corrected chi connectivity index (χ4v) is 2.73. The number of carbonyl (C=O) groups is 1. The van der Waals surface area contributed by atoms with E-state index in [1.807, 2.05) is 0 Å². The second kappa shape index (κ2) is 10.6. The average molecular weight is 622 g/mol. The minimum atomic E-state index is -8.65. The summed E-state index contributed by atoms with van der Waals surface area (Å²) in [6.07, 6.45) is -11.7. The number of esters is 1. The third-order valence-corrected chi connectivity index (χ3v) is 5.26. The van der Waals surface area contributed by atoms with Crippen LogP contribution in [0.4, 0.5) is 74.6 Å². The van der Waals surface area contributed by atoms with Crippen LogP contribution < -0.4 is 0 Å². The van der Waals surface area contributed by atoms with Gasteiger partial charge in [0.2, 0.25) is 0 Å². The lowest BCUT2D eigenvalue weighted by Gasteiger charge is -2.42. The summed E-state index contributed by atoms with van der Waals surface area (Å²) in [5, 5.41) is 0. The Kier molecular flexibility index (Phi) is 9.32. The molecule has 1 aromatic rings. The Morgan fingerprint density at radius 3 is 1.35 bits per heavy atom. The average Bonchev–Trinajstić information content (AvgIpc) is 2.80. The van der Waals surface area contributed by atoms with Crippen LogP contribution >= 0.6 is 0 Å². The van der Waals surface area contributed by atoms with Crippen molar-refractivity contribution in [1.29, 1.82) is 0 Å². The first-order valence-electron chi connectivity index (χ1n) is 10.1. The summed E-state index contributed by atoms with van der Waals surface area (Å²) >= 11 is 0. The van der Waals surface area contributed by atoms with Gasteiger partial charge >= 0.3 is 53.6 Å². The number of hydrogen-bond donors (Lipinski definition) is 0. The van der Waals surface area contributed by atoms with Gasteiger partial charge in [-0.3, -0.25) is 0 Å². The first-order chi connectivity index (χ1) is 17.5. The molecule has 0 saturated heterocycles. The number of halogens is 17. The standard InChI is InChI=1S/C21H15F17O2/c1-10(2)13(39)40-9-12-5-3-11(4-6-12)7-8-14(22,23)15(24,25)16(26,27)17(28,29)18(30,31)19(32,33)20(34,35)21(36,37)38/h3-6H,1,7-9H2,2H3. The Hall–Kier alpha value is -2.76. The third-order valence-electron chi connectivity index (χ3n) is 5.26. The van der Waals surface area contributed by atoms with Crippen molar-refractivity contribution in [1.82, 2.24) is 0 Å². The molecule has 2 nitrogen and oxygen atoms in total. The molecule has 1 aromatic carbocycles. The second-order valence-electron chi connectivity index (χ2n) is 8.32. The lowest BCUT2D eigenvalue weighted by molar-refractivity contribution is -0.461. The van der Waals surface area contributed by atoms with Gasteiger partial charge in [-0.15, -0.1) is 0 Å². The molecule has 0 spiro atoms. The van der Waals surface area contributed by atoms with Crippen LogP contribution in [0.15, 0.2) is 36.4 Å². The van der Waals surface area contributed by atoms with Gasteiger partial charge in [0.15, 0.2) is 0 Å². The van der Waals surface area contributed by atoms with Crippen molar-refractivity contribution < 1.29 is 84.2 Å². The molecule has 40 heavy (non-hydrogen) atoms. The predicted molar refractivity (Wildman–Crippen MR) is 100 cm³/mol. The highest BCUT2D eigenvalue weighted by Gasteiger charge is 2.95. The van der Waals surface area contributed by atoms with Gasteiger partial charge in [-0.2, -0.15) is 74.6 Å². The zero-order valence-corrected chi connectivity index (χ0v) is 19.4.